The summed E-state index contributed by atoms with van der Waals surface area (Å²) in [5.74, 6) is 1.03. The molecular formula is C13H20BrNO2S2. The summed E-state index contributed by atoms with van der Waals surface area (Å²) in [7, 11) is -2.78. The van der Waals surface area contributed by atoms with E-state index < -0.39 is 9.84 Å². The highest BCUT2D eigenvalue weighted by Crippen LogP contribution is 2.35. The van der Waals surface area contributed by atoms with Crippen molar-refractivity contribution in [3.63, 3.8) is 0 Å². The van der Waals surface area contributed by atoms with Gasteiger partial charge in [-0.15, -0.1) is 11.3 Å². The zero-order chi connectivity index (χ0) is 13.9. The summed E-state index contributed by atoms with van der Waals surface area (Å²) < 4.78 is 24.3. The molecule has 0 aliphatic carbocycles. The fraction of sp³-hybridized carbons (Fsp3) is 0.692. The summed E-state index contributed by atoms with van der Waals surface area (Å²) in [5, 5.41) is 5.63. The van der Waals surface area contributed by atoms with Crippen molar-refractivity contribution >= 4 is 37.1 Å². The van der Waals surface area contributed by atoms with E-state index in [0.717, 1.165) is 30.3 Å². The van der Waals surface area contributed by atoms with E-state index in [1.54, 1.807) is 11.3 Å². The van der Waals surface area contributed by atoms with Crippen LogP contribution in [0.2, 0.25) is 0 Å². The van der Waals surface area contributed by atoms with E-state index in [-0.39, 0.29) is 6.04 Å². The van der Waals surface area contributed by atoms with E-state index in [0.29, 0.717) is 17.4 Å². The molecule has 0 radical (unpaired) electrons. The molecule has 0 bridgehead atoms. The maximum Gasteiger partial charge on any atom is 0.150 e. The van der Waals surface area contributed by atoms with Crippen LogP contribution >= 0.6 is 27.3 Å². The molecule has 0 saturated carbocycles. The van der Waals surface area contributed by atoms with E-state index in [1.165, 1.54) is 4.88 Å². The summed E-state index contributed by atoms with van der Waals surface area (Å²) in [6.07, 6.45) is 2.82. The van der Waals surface area contributed by atoms with Gasteiger partial charge in [0.05, 0.1) is 11.5 Å². The molecule has 2 heterocycles. The molecular weight excluding hydrogens is 346 g/mol. The van der Waals surface area contributed by atoms with Crippen LogP contribution in [0.1, 0.15) is 37.1 Å². The van der Waals surface area contributed by atoms with Crippen LogP contribution in [0.3, 0.4) is 0 Å². The third-order valence-electron chi connectivity index (χ3n) is 3.50. The van der Waals surface area contributed by atoms with Gasteiger partial charge >= 0.3 is 0 Å². The minimum absolute atomic E-state index is 0.271. The molecule has 1 fully saturated rings. The highest BCUT2D eigenvalue weighted by Gasteiger charge is 2.30. The van der Waals surface area contributed by atoms with Crippen molar-refractivity contribution < 1.29 is 8.42 Å². The van der Waals surface area contributed by atoms with Gasteiger partial charge in [0.1, 0.15) is 0 Å². The van der Waals surface area contributed by atoms with Crippen molar-refractivity contribution in [2.75, 3.05) is 18.1 Å². The zero-order valence-electron chi connectivity index (χ0n) is 11.1. The summed E-state index contributed by atoms with van der Waals surface area (Å²) in [5.41, 5.74) is 0. The highest BCUT2D eigenvalue weighted by molar-refractivity contribution is 9.10. The Bertz CT molecular complexity index is 512. The number of halogens is 1. The zero-order valence-corrected chi connectivity index (χ0v) is 14.3. The number of rotatable bonds is 6. The van der Waals surface area contributed by atoms with Gasteiger partial charge in [-0.05, 0) is 59.1 Å². The van der Waals surface area contributed by atoms with Crippen LogP contribution in [-0.2, 0) is 9.84 Å². The first-order valence-electron chi connectivity index (χ1n) is 6.68. The van der Waals surface area contributed by atoms with E-state index >= 15 is 0 Å². The van der Waals surface area contributed by atoms with Crippen molar-refractivity contribution in [3.8, 4) is 0 Å². The molecule has 1 saturated heterocycles. The molecule has 1 aromatic rings. The van der Waals surface area contributed by atoms with Gasteiger partial charge in [-0.3, -0.25) is 0 Å². The highest BCUT2D eigenvalue weighted by atomic mass is 79.9. The smallest absolute Gasteiger partial charge is 0.150 e. The first kappa shape index (κ1) is 15.5. The fourth-order valence-electron chi connectivity index (χ4n) is 2.55. The Hall–Kier alpha value is 0.0900. The summed E-state index contributed by atoms with van der Waals surface area (Å²) in [6.45, 7) is 3.11. The Balaban J connectivity index is 2.05. The van der Waals surface area contributed by atoms with Crippen LogP contribution in [0.4, 0.5) is 0 Å². The number of hydrogen-bond acceptors (Lipinski definition) is 4. The predicted molar refractivity (Wildman–Crippen MR) is 84.4 cm³/mol. The Morgan fingerprint density at radius 1 is 1.58 bits per heavy atom. The summed E-state index contributed by atoms with van der Waals surface area (Å²) in [6, 6.07) is 2.33. The molecule has 2 unspecified atom stereocenters. The number of sulfone groups is 1. The molecule has 1 aromatic heterocycles. The molecule has 0 spiro atoms. The molecule has 6 heteroatoms. The average Bonchev–Trinajstić information content (AvgIpc) is 2.91. The lowest BCUT2D eigenvalue weighted by Gasteiger charge is -2.21. The molecule has 2 rings (SSSR count). The monoisotopic (exact) mass is 365 g/mol. The van der Waals surface area contributed by atoms with Gasteiger partial charge in [0.2, 0.25) is 0 Å². The van der Waals surface area contributed by atoms with Crippen molar-refractivity contribution in [1.82, 2.24) is 5.32 Å². The quantitative estimate of drug-likeness (QED) is 0.840. The largest absolute Gasteiger partial charge is 0.309 e. The predicted octanol–water partition coefficient (Wildman–Crippen LogP) is 3.38. The molecule has 19 heavy (non-hydrogen) atoms. The van der Waals surface area contributed by atoms with E-state index in [2.05, 4.69) is 39.6 Å². The lowest BCUT2D eigenvalue weighted by molar-refractivity contribution is 0.418. The van der Waals surface area contributed by atoms with Crippen LogP contribution in [0.5, 0.6) is 0 Å². The number of hydrogen-bond donors (Lipinski definition) is 1. The summed E-state index contributed by atoms with van der Waals surface area (Å²) >= 11 is 5.32. The van der Waals surface area contributed by atoms with Crippen LogP contribution < -0.4 is 5.32 Å². The third kappa shape index (κ3) is 4.28. The van der Waals surface area contributed by atoms with E-state index in [1.807, 2.05) is 0 Å². The molecule has 1 aliphatic heterocycles. The Labute approximate surface area is 127 Å². The van der Waals surface area contributed by atoms with E-state index in [4.69, 9.17) is 0 Å². The van der Waals surface area contributed by atoms with Crippen LogP contribution in [0.25, 0.3) is 0 Å². The SMILES string of the molecule is CCCNC(CC1CCS(=O)(=O)C1)c1sccc1Br. The maximum atomic E-state index is 11.6. The molecule has 1 aliphatic rings. The molecule has 2 atom stereocenters. The van der Waals surface area contributed by atoms with Crippen LogP contribution in [0.15, 0.2) is 15.9 Å². The van der Waals surface area contributed by atoms with Crippen LogP contribution in [0, 0.1) is 5.92 Å². The van der Waals surface area contributed by atoms with Crippen molar-refractivity contribution in [3.05, 3.63) is 20.8 Å². The van der Waals surface area contributed by atoms with Gasteiger partial charge in [-0.1, -0.05) is 6.92 Å². The van der Waals surface area contributed by atoms with Crippen molar-refractivity contribution in [1.29, 1.82) is 0 Å². The topological polar surface area (TPSA) is 46.2 Å². The van der Waals surface area contributed by atoms with Crippen molar-refractivity contribution in [2.24, 2.45) is 5.92 Å². The summed E-state index contributed by atoms with van der Waals surface area (Å²) in [4.78, 5) is 1.29. The lowest BCUT2D eigenvalue weighted by atomic mass is 9.98. The fourth-order valence-corrected chi connectivity index (χ4v) is 6.17. The number of nitrogens with one attached hydrogen (secondary N) is 1. The Morgan fingerprint density at radius 2 is 2.37 bits per heavy atom. The Kier molecular flexibility index (Phi) is 5.45. The second kappa shape index (κ2) is 6.70. The minimum Gasteiger partial charge on any atom is -0.309 e. The van der Waals surface area contributed by atoms with Gasteiger partial charge in [-0.2, -0.15) is 0 Å². The van der Waals surface area contributed by atoms with Gasteiger partial charge in [0.25, 0.3) is 0 Å². The minimum atomic E-state index is -2.78. The van der Waals surface area contributed by atoms with E-state index in [9.17, 15) is 8.42 Å². The normalized spacial score (nSPS) is 23.6. The van der Waals surface area contributed by atoms with Crippen molar-refractivity contribution in [2.45, 2.75) is 32.2 Å². The molecule has 108 valence electrons. The average molecular weight is 366 g/mol. The van der Waals surface area contributed by atoms with Gasteiger partial charge in [0, 0.05) is 15.4 Å². The third-order valence-corrected chi connectivity index (χ3v) is 7.32. The lowest BCUT2D eigenvalue weighted by Crippen LogP contribution is -2.24. The first-order valence-corrected chi connectivity index (χ1v) is 10.2. The molecule has 3 nitrogen and oxygen atoms in total. The van der Waals surface area contributed by atoms with Gasteiger partial charge in [0.15, 0.2) is 9.84 Å². The number of thiophene rings is 1. The first-order chi connectivity index (χ1) is 9.02. The Morgan fingerprint density at radius 3 is 2.89 bits per heavy atom. The van der Waals surface area contributed by atoms with Crippen LogP contribution in [-0.4, -0.2) is 26.5 Å². The van der Waals surface area contributed by atoms with Gasteiger partial charge < -0.3 is 5.32 Å². The maximum absolute atomic E-state index is 11.6. The molecule has 0 aromatic carbocycles. The standard InChI is InChI=1S/C13H20BrNO2S2/c1-2-5-15-12(13-11(14)3-6-18-13)8-10-4-7-19(16,17)9-10/h3,6,10,12,15H,2,4-5,7-9H2,1H3. The molecule has 0 amide bonds. The molecule has 1 N–H and O–H groups in total. The van der Waals surface area contributed by atoms with Gasteiger partial charge in [-0.25, -0.2) is 8.42 Å². The second-order valence-corrected chi connectivity index (χ2v) is 9.18. The second-order valence-electron chi connectivity index (χ2n) is 5.14.